The van der Waals surface area contributed by atoms with Gasteiger partial charge in [0.1, 0.15) is 0 Å². The number of allylic oxidation sites excluding steroid dienone is 1. The lowest BCUT2D eigenvalue weighted by Crippen LogP contribution is -2.48. The Morgan fingerprint density at radius 1 is 0.818 bits per heavy atom. The van der Waals surface area contributed by atoms with E-state index in [0.29, 0.717) is 12.1 Å². The van der Waals surface area contributed by atoms with Crippen molar-refractivity contribution in [3.05, 3.63) is 47.5 Å². The Hall–Kier alpha value is -1.71. The fourth-order valence-electron chi connectivity index (χ4n) is 1.71. The first-order valence-electron chi connectivity index (χ1n) is 5.41. The second-order valence-corrected chi connectivity index (χ2v) is 4.17. The second-order valence-electron chi connectivity index (χ2n) is 4.17. The topological polar surface area (TPSA) is 20.2 Å². The van der Waals surface area contributed by atoms with Gasteiger partial charge in [0.25, 0.3) is 0 Å². The van der Waals surface area contributed by atoms with Crippen LogP contribution in [0.1, 0.15) is 5.56 Å². The summed E-state index contributed by atoms with van der Waals surface area (Å²) in [5.41, 5.74) is -9.39. The molecule has 0 amide bonds. The molecule has 0 radical (unpaired) electrons. The average molecular weight is 338 g/mol. The van der Waals surface area contributed by atoms with Crippen LogP contribution in [0.15, 0.2) is 42.0 Å². The monoisotopic (exact) mass is 338 g/mol. The fourth-order valence-corrected chi connectivity index (χ4v) is 1.71. The highest BCUT2D eigenvalue weighted by Crippen LogP contribution is 2.50. The molecule has 22 heavy (non-hydrogen) atoms. The number of hydrogen-bond acceptors (Lipinski definition) is 1. The van der Waals surface area contributed by atoms with Gasteiger partial charge in [-0.15, -0.1) is 0 Å². The molecular formula is C12H7F9O. The van der Waals surface area contributed by atoms with Gasteiger partial charge in [-0.2, -0.15) is 39.5 Å². The van der Waals surface area contributed by atoms with Crippen molar-refractivity contribution in [2.24, 2.45) is 0 Å². The standard InChI is InChI=1S/C12H7F9O/c13-9(14,15)6-8(11(16,17)18)10(22,12(19,20)21)7-4-2-1-3-5-7/h1-6,22H. The maximum Gasteiger partial charge on any atom is 0.425 e. The van der Waals surface area contributed by atoms with Gasteiger partial charge in [0.2, 0.25) is 5.60 Å². The molecule has 1 aromatic rings. The number of benzene rings is 1. The molecule has 0 aliphatic carbocycles. The third-order valence-electron chi connectivity index (χ3n) is 2.61. The maximum atomic E-state index is 13.0. The van der Waals surface area contributed by atoms with E-state index in [1.165, 1.54) is 0 Å². The van der Waals surface area contributed by atoms with Crippen LogP contribution >= 0.6 is 0 Å². The maximum absolute atomic E-state index is 13.0. The highest BCUT2D eigenvalue weighted by Gasteiger charge is 2.64. The van der Waals surface area contributed by atoms with Crippen LogP contribution in [0, 0.1) is 0 Å². The summed E-state index contributed by atoms with van der Waals surface area (Å²) in [6, 6.07) is 3.73. The van der Waals surface area contributed by atoms with Crippen molar-refractivity contribution in [2.45, 2.75) is 24.1 Å². The molecule has 124 valence electrons. The third kappa shape index (κ3) is 3.73. The lowest BCUT2D eigenvalue weighted by atomic mass is 9.84. The van der Waals surface area contributed by atoms with Gasteiger partial charge in [-0.05, 0) is 5.56 Å². The summed E-state index contributed by atoms with van der Waals surface area (Å²) in [5.74, 6) is 0. The van der Waals surface area contributed by atoms with Gasteiger partial charge in [0, 0.05) is 6.08 Å². The number of halogens is 9. The van der Waals surface area contributed by atoms with Crippen molar-refractivity contribution in [3.8, 4) is 0 Å². The number of hydrogen-bond donors (Lipinski definition) is 1. The molecule has 0 spiro atoms. The van der Waals surface area contributed by atoms with Gasteiger partial charge in [0.15, 0.2) is 0 Å². The Labute approximate surface area is 117 Å². The van der Waals surface area contributed by atoms with E-state index in [4.69, 9.17) is 0 Å². The molecule has 0 bridgehead atoms. The first-order chi connectivity index (χ1) is 9.69. The molecule has 1 N–H and O–H groups in total. The molecule has 0 aromatic heterocycles. The van der Waals surface area contributed by atoms with E-state index >= 15 is 0 Å². The molecule has 10 heteroatoms. The Bertz CT molecular complexity index is 538. The van der Waals surface area contributed by atoms with Gasteiger partial charge < -0.3 is 5.11 Å². The van der Waals surface area contributed by atoms with Crippen LogP contribution < -0.4 is 0 Å². The lowest BCUT2D eigenvalue weighted by Gasteiger charge is -2.34. The van der Waals surface area contributed by atoms with Gasteiger partial charge in [0.05, 0.1) is 5.57 Å². The summed E-state index contributed by atoms with van der Waals surface area (Å²) in [7, 11) is 0. The van der Waals surface area contributed by atoms with Crippen LogP contribution in [-0.2, 0) is 5.60 Å². The smallest absolute Gasteiger partial charge is 0.372 e. The fraction of sp³-hybridized carbons (Fsp3) is 0.333. The van der Waals surface area contributed by atoms with Gasteiger partial charge >= 0.3 is 18.5 Å². The van der Waals surface area contributed by atoms with E-state index in [1.807, 2.05) is 0 Å². The zero-order chi connectivity index (χ0) is 17.4. The summed E-state index contributed by atoms with van der Waals surface area (Å²) in [6.07, 6.45) is -19.4. The minimum atomic E-state index is -6.06. The SMILES string of the molecule is OC(C(=CC(F)(F)F)C(F)(F)F)(c1ccccc1)C(F)(F)F. The highest BCUT2D eigenvalue weighted by molar-refractivity contribution is 5.38. The van der Waals surface area contributed by atoms with Crippen molar-refractivity contribution < 1.29 is 44.6 Å². The predicted molar refractivity (Wildman–Crippen MR) is 56.6 cm³/mol. The Morgan fingerprint density at radius 2 is 1.27 bits per heavy atom. The second kappa shape index (κ2) is 5.49. The number of aliphatic hydroxyl groups is 1. The van der Waals surface area contributed by atoms with E-state index in [-0.39, 0.29) is 0 Å². The van der Waals surface area contributed by atoms with Crippen molar-refractivity contribution in [1.29, 1.82) is 0 Å². The zero-order valence-electron chi connectivity index (χ0n) is 10.3. The van der Waals surface area contributed by atoms with Crippen LogP contribution in [0.25, 0.3) is 0 Å². The number of rotatable bonds is 2. The molecule has 0 fully saturated rings. The van der Waals surface area contributed by atoms with E-state index < -0.39 is 41.3 Å². The normalized spacial score (nSPS) is 17.3. The van der Waals surface area contributed by atoms with Crippen molar-refractivity contribution >= 4 is 0 Å². The first-order valence-corrected chi connectivity index (χ1v) is 5.41. The molecule has 1 rings (SSSR count). The molecule has 1 aromatic carbocycles. The van der Waals surface area contributed by atoms with Crippen LogP contribution in [-0.4, -0.2) is 23.6 Å². The zero-order valence-corrected chi connectivity index (χ0v) is 10.3. The van der Waals surface area contributed by atoms with Crippen LogP contribution in [0.2, 0.25) is 0 Å². The summed E-state index contributed by atoms with van der Waals surface area (Å²) in [6.45, 7) is 0. The first kappa shape index (κ1) is 18.3. The molecule has 1 unspecified atom stereocenters. The largest absolute Gasteiger partial charge is 0.425 e. The highest BCUT2D eigenvalue weighted by atomic mass is 19.4. The Kier molecular flexibility index (Phi) is 4.57. The molecule has 0 aliphatic heterocycles. The molecule has 1 atom stereocenters. The Morgan fingerprint density at radius 3 is 1.59 bits per heavy atom. The van der Waals surface area contributed by atoms with E-state index in [1.54, 1.807) is 0 Å². The summed E-state index contributed by atoms with van der Waals surface area (Å²) in [5, 5.41) is 9.56. The van der Waals surface area contributed by atoms with Crippen LogP contribution in [0.3, 0.4) is 0 Å². The molecule has 0 saturated carbocycles. The average Bonchev–Trinajstić information content (AvgIpc) is 2.32. The predicted octanol–water partition coefficient (Wildman–Crippen LogP) is 4.49. The minimum absolute atomic E-state index is 0.448. The number of alkyl halides is 9. The van der Waals surface area contributed by atoms with Crippen molar-refractivity contribution in [2.75, 3.05) is 0 Å². The molecular weight excluding hydrogens is 331 g/mol. The van der Waals surface area contributed by atoms with Crippen LogP contribution in [0.5, 0.6) is 0 Å². The van der Waals surface area contributed by atoms with Gasteiger partial charge in [-0.3, -0.25) is 0 Å². The molecule has 0 aliphatic rings. The van der Waals surface area contributed by atoms with E-state index in [9.17, 15) is 44.6 Å². The summed E-state index contributed by atoms with van der Waals surface area (Å²) in [4.78, 5) is 0. The lowest BCUT2D eigenvalue weighted by molar-refractivity contribution is -0.269. The summed E-state index contributed by atoms with van der Waals surface area (Å²) >= 11 is 0. The third-order valence-corrected chi connectivity index (χ3v) is 2.61. The van der Waals surface area contributed by atoms with Gasteiger partial charge in [-0.1, -0.05) is 30.3 Å². The molecule has 0 saturated heterocycles. The van der Waals surface area contributed by atoms with Crippen molar-refractivity contribution in [3.63, 3.8) is 0 Å². The summed E-state index contributed by atoms with van der Waals surface area (Å²) < 4.78 is 114. The quantitative estimate of drug-likeness (QED) is 0.622. The molecule has 1 nitrogen and oxygen atoms in total. The van der Waals surface area contributed by atoms with Crippen molar-refractivity contribution in [1.82, 2.24) is 0 Å². The Balaban J connectivity index is 3.73. The van der Waals surface area contributed by atoms with E-state index in [2.05, 4.69) is 0 Å². The van der Waals surface area contributed by atoms with Crippen LogP contribution in [0.4, 0.5) is 39.5 Å². The van der Waals surface area contributed by atoms with Gasteiger partial charge in [-0.25, -0.2) is 0 Å². The van der Waals surface area contributed by atoms with E-state index in [0.717, 1.165) is 18.2 Å². The minimum Gasteiger partial charge on any atom is -0.372 e. The molecule has 0 heterocycles.